The number of aromatic nitrogens is 2. The van der Waals surface area contributed by atoms with E-state index in [0.29, 0.717) is 5.52 Å². The van der Waals surface area contributed by atoms with Gasteiger partial charge in [-0.3, -0.25) is 10.1 Å². The maximum Gasteiger partial charge on any atom is 0.243 e. The van der Waals surface area contributed by atoms with E-state index in [9.17, 15) is 13.2 Å². The van der Waals surface area contributed by atoms with Crippen LogP contribution in [-0.2, 0) is 14.8 Å². The third-order valence-corrected chi connectivity index (χ3v) is 5.88. The zero-order valence-electron chi connectivity index (χ0n) is 13.2. The van der Waals surface area contributed by atoms with Gasteiger partial charge in [-0.1, -0.05) is 28.1 Å². The Kier molecular flexibility index (Phi) is 4.89. The number of amides is 1. The number of nitrogens with one attached hydrogen (secondary N) is 2. The van der Waals surface area contributed by atoms with E-state index in [4.69, 9.17) is 0 Å². The summed E-state index contributed by atoms with van der Waals surface area (Å²) in [4.78, 5) is 19.5. The number of sulfonamides is 1. The van der Waals surface area contributed by atoms with Crippen LogP contribution in [0.2, 0.25) is 0 Å². The Hall–Kier alpha value is -2.23. The Labute approximate surface area is 153 Å². The van der Waals surface area contributed by atoms with E-state index >= 15 is 0 Å². The van der Waals surface area contributed by atoms with Crippen molar-refractivity contribution in [1.82, 2.24) is 14.3 Å². The van der Waals surface area contributed by atoms with Crippen molar-refractivity contribution >= 4 is 48.8 Å². The van der Waals surface area contributed by atoms with Gasteiger partial charge in [0.05, 0.1) is 22.5 Å². The van der Waals surface area contributed by atoms with Gasteiger partial charge in [-0.25, -0.2) is 13.4 Å². The molecule has 0 saturated carbocycles. The molecule has 0 spiro atoms. The van der Waals surface area contributed by atoms with E-state index in [1.165, 1.54) is 19.2 Å². The molecule has 0 radical (unpaired) electrons. The molecule has 0 fully saturated rings. The Morgan fingerprint density at radius 2 is 1.88 bits per heavy atom. The standard InChI is InChI=1S/C16H15BrN4O3S/c1-21(25(23,24)12-8-6-11(17)7-9-12)10-15(22)20-16-18-13-4-2-3-5-14(13)19-16/h2-9H,10H2,1H3,(H2,18,19,20,22). The Bertz CT molecular complexity index is 982. The molecule has 25 heavy (non-hydrogen) atoms. The van der Waals surface area contributed by atoms with Crippen LogP contribution >= 0.6 is 15.9 Å². The normalized spacial score (nSPS) is 11.8. The van der Waals surface area contributed by atoms with Crippen molar-refractivity contribution in [2.24, 2.45) is 0 Å². The lowest BCUT2D eigenvalue weighted by Gasteiger charge is -2.16. The number of halogens is 1. The van der Waals surface area contributed by atoms with Gasteiger partial charge in [0.25, 0.3) is 0 Å². The third kappa shape index (κ3) is 3.89. The first-order valence-corrected chi connectivity index (χ1v) is 9.56. The van der Waals surface area contributed by atoms with Crippen molar-refractivity contribution in [3.8, 4) is 0 Å². The van der Waals surface area contributed by atoms with Crippen LogP contribution in [0.1, 0.15) is 0 Å². The van der Waals surface area contributed by atoms with Gasteiger partial charge < -0.3 is 4.98 Å². The summed E-state index contributed by atoms with van der Waals surface area (Å²) in [5.74, 6) is -0.206. The minimum atomic E-state index is -3.75. The summed E-state index contributed by atoms with van der Waals surface area (Å²) in [5, 5.41) is 2.58. The first kappa shape index (κ1) is 17.6. The highest BCUT2D eigenvalue weighted by molar-refractivity contribution is 9.10. The van der Waals surface area contributed by atoms with Gasteiger partial charge in [-0.15, -0.1) is 0 Å². The molecule has 3 aromatic rings. The van der Waals surface area contributed by atoms with Crippen LogP contribution in [0.3, 0.4) is 0 Å². The molecule has 1 aromatic heterocycles. The average Bonchev–Trinajstić information content (AvgIpc) is 2.97. The first-order valence-electron chi connectivity index (χ1n) is 7.33. The van der Waals surface area contributed by atoms with Gasteiger partial charge >= 0.3 is 0 Å². The second-order valence-electron chi connectivity index (χ2n) is 5.37. The van der Waals surface area contributed by atoms with Crippen molar-refractivity contribution in [1.29, 1.82) is 0 Å². The molecule has 0 bridgehead atoms. The Morgan fingerprint density at radius 3 is 2.56 bits per heavy atom. The molecule has 2 N–H and O–H groups in total. The minimum Gasteiger partial charge on any atom is -0.324 e. The number of anilines is 1. The molecular weight excluding hydrogens is 408 g/mol. The monoisotopic (exact) mass is 422 g/mol. The summed E-state index contributed by atoms with van der Waals surface area (Å²) >= 11 is 3.26. The van der Waals surface area contributed by atoms with E-state index in [2.05, 4.69) is 31.2 Å². The second kappa shape index (κ2) is 6.95. The molecular formula is C16H15BrN4O3S. The summed E-state index contributed by atoms with van der Waals surface area (Å²) in [6.07, 6.45) is 0. The number of carbonyl (C=O) groups is 1. The van der Waals surface area contributed by atoms with Crippen LogP contribution < -0.4 is 5.32 Å². The molecule has 7 nitrogen and oxygen atoms in total. The molecule has 0 atom stereocenters. The number of nitrogens with zero attached hydrogens (tertiary/aromatic N) is 2. The molecule has 0 saturated heterocycles. The average molecular weight is 423 g/mol. The number of rotatable bonds is 5. The number of hydrogen-bond acceptors (Lipinski definition) is 4. The van der Waals surface area contributed by atoms with Gasteiger partial charge in [0, 0.05) is 11.5 Å². The number of imidazole rings is 1. The second-order valence-corrected chi connectivity index (χ2v) is 8.33. The third-order valence-electron chi connectivity index (χ3n) is 3.54. The van der Waals surface area contributed by atoms with Crippen LogP contribution in [0, 0.1) is 0 Å². The molecule has 3 rings (SSSR count). The molecule has 0 aliphatic rings. The number of likely N-dealkylation sites (N-methyl/N-ethyl adjacent to an activating group) is 1. The zero-order chi connectivity index (χ0) is 18.0. The summed E-state index contributed by atoms with van der Waals surface area (Å²) in [7, 11) is -2.39. The predicted octanol–water partition coefficient (Wildman–Crippen LogP) is 2.58. The van der Waals surface area contributed by atoms with Crippen LogP contribution in [0.5, 0.6) is 0 Å². The first-order chi connectivity index (χ1) is 11.9. The highest BCUT2D eigenvalue weighted by Gasteiger charge is 2.23. The topological polar surface area (TPSA) is 95.2 Å². The molecule has 0 unspecified atom stereocenters. The largest absolute Gasteiger partial charge is 0.324 e. The van der Waals surface area contributed by atoms with Gasteiger partial charge in [0.2, 0.25) is 21.9 Å². The van der Waals surface area contributed by atoms with E-state index in [0.717, 1.165) is 14.3 Å². The Morgan fingerprint density at radius 1 is 1.20 bits per heavy atom. The van der Waals surface area contributed by atoms with Gasteiger partial charge in [0.15, 0.2) is 0 Å². The smallest absolute Gasteiger partial charge is 0.243 e. The van der Waals surface area contributed by atoms with Crippen molar-refractivity contribution in [3.05, 3.63) is 53.0 Å². The highest BCUT2D eigenvalue weighted by atomic mass is 79.9. The quantitative estimate of drug-likeness (QED) is 0.660. The molecule has 2 aromatic carbocycles. The fraction of sp³-hybridized carbons (Fsp3) is 0.125. The van der Waals surface area contributed by atoms with Gasteiger partial charge in [-0.05, 0) is 36.4 Å². The summed E-state index contributed by atoms with van der Waals surface area (Å²) in [6.45, 7) is -0.324. The fourth-order valence-corrected chi connectivity index (χ4v) is 3.65. The summed E-state index contributed by atoms with van der Waals surface area (Å²) < 4.78 is 26.7. The lowest BCUT2D eigenvalue weighted by atomic mass is 10.3. The van der Waals surface area contributed by atoms with E-state index in [1.54, 1.807) is 12.1 Å². The minimum absolute atomic E-state index is 0.120. The van der Waals surface area contributed by atoms with E-state index in [1.807, 2.05) is 24.3 Å². The number of fused-ring (bicyclic) bond motifs is 1. The SMILES string of the molecule is CN(CC(=O)Nc1nc2ccccc2[nH]1)S(=O)(=O)c1ccc(Br)cc1. The van der Waals surface area contributed by atoms with Crippen LogP contribution in [0.25, 0.3) is 11.0 Å². The van der Waals surface area contributed by atoms with Crippen LogP contribution in [0.15, 0.2) is 57.9 Å². The van der Waals surface area contributed by atoms with Crippen molar-refractivity contribution in [3.63, 3.8) is 0 Å². The predicted molar refractivity (Wildman–Crippen MR) is 98.7 cm³/mol. The maximum atomic E-state index is 12.5. The van der Waals surface area contributed by atoms with Gasteiger partial charge in [0.1, 0.15) is 0 Å². The van der Waals surface area contributed by atoms with Crippen molar-refractivity contribution in [2.75, 3.05) is 18.9 Å². The number of aromatic amines is 1. The highest BCUT2D eigenvalue weighted by Crippen LogP contribution is 2.18. The molecule has 0 aliphatic heterocycles. The maximum absolute atomic E-state index is 12.5. The number of H-pyrrole nitrogens is 1. The molecule has 1 heterocycles. The zero-order valence-corrected chi connectivity index (χ0v) is 15.6. The number of carbonyl (C=O) groups excluding carboxylic acids is 1. The van der Waals surface area contributed by atoms with Crippen molar-refractivity contribution in [2.45, 2.75) is 4.90 Å². The summed E-state index contributed by atoms with van der Waals surface area (Å²) in [6, 6.07) is 13.6. The van der Waals surface area contributed by atoms with Crippen LogP contribution in [-0.4, -0.2) is 42.2 Å². The van der Waals surface area contributed by atoms with Gasteiger partial charge in [-0.2, -0.15) is 4.31 Å². The number of para-hydroxylation sites is 2. The molecule has 1 amide bonds. The number of benzene rings is 2. The van der Waals surface area contributed by atoms with E-state index < -0.39 is 15.9 Å². The number of hydrogen-bond donors (Lipinski definition) is 2. The fourth-order valence-electron chi connectivity index (χ4n) is 2.26. The lowest BCUT2D eigenvalue weighted by Crippen LogP contribution is -2.35. The summed E-state index contributed by atoms with van der Waals surface area (Å²) in [5.41, 5.74) is 1.50. The van der Waals surface area contributed by atoms with Crippen LogP contribution in [0.4, 0.5) is 5.95 Å². The molecule has 130 valence electrons. The Balaban J connectivity index is 1.70. The molecule has 0 aliphatic carbocycles. The lowest BCUT2D eigenvalue weighted by molar-refractivity contribution is -0.116. The molecule has 9 heteroatoms. The van der Waals surface area contributed by atoms with Crippen molar-refractivity contribution < 1.29 is 13.2 Å². The van der Waals surface area contributed by atoms with E-state index in [-0.39, 0.29) is 17.4 Å².